The van der Waals surface area contributed by atoms with E-state index in [9.17, 15) is 4.79 Å². The summed E-state index contributed by atoms with van der Waals surface area (Å²) in [5.74, 6) is 0.380. The van der Waals surface area contributed by atoms with Gasteiger partial charge in [0.15, 0.2) is 17.2 Å². The average molecular weight is 1570 g/mol. The predicted molar refractivity (Wildman–Crippen MR) is 446 cm³/mol. The molecule has 116 heavy (non-hydrogen) atoms. The van der Waals surface area contributed by atoms with Gasteiger partial charge in [-0.15, -0.1) is 0 Å². The van der Waals surface area contributed by atoms with Crippen molar-refractivity contribution in [2.75, 3.05) is 39.4 Å². The zero-order chi connectivity index (χ0) is 79.9. The fourth-order valence-electron chi connectivity index (χ4n) is 14.2. The molecule has 13 rings (SSSR count). The molecule has 2 aliphatic heterocycles. The molecule has 11 aromatic rings. The van der Waals surface area contributed by atoms with E-state index in [1.165, 1.54) is 24.9 Å². The highest BCUT2D eigenvalue weighted by Crippen LogP contribution is 2.44. The number of amides is 1. The quantitative estimate of drug-likeness (QED) is 0.0280. The first kappa shape index (κ1) is 83.2. The van der Waals surface area contributed by atoms with Crippen molar-refractivity contribution >= 4 is 28.6 Å². The number of aryl methyl sites for hydroxylation is 1. The van der Waals surface area contributed by atoms with Crippen molar-refractivity contribution < 1.29 is 75.8 Å². The Labute approximate surface area is 679 Å². The Bertz CT molecular complexity index is 4820. The van der Waals surface area contributed by atoms with Gasteiger partial charge in [0.25, 0.3) is 5.56 Å². The summed E-state index contributed by atoms with van der Waals surface area (Å²) >= 11 is 0. The van der Waals surface area contributed by atoms with E-state index in [-0.39, 0.29) is 94.8 Å². The van der Waals surface area contributed by atoms with Crippen molar-refractivity contribution in [3.63, 3.8) is 0 Å². The molecule has 10 aromatic carbocycles. The number of aromatic nitrogens is 1. The average Bonchev–Trinajstić information content (AvgIpc) is 0.754. The number of methoxy groups -OCH3 is 2. The van der Waals surface area contributed by atoms with E-state index in [4.69, 9.17) is 71.1 Å². The topological polar surface area (TPSA) is 190 Å². The standard InChI is InChI=1S/C97H104N2O17/c1-5-6-7-8-9-34-55-106-92-86(115-96-93(111-65-75-47-30-16-31-48-75)90(109-63-73-43-26-14-27-44-73)88(107-61-71-39-22-12-23-40-71)83(113-96)67-104-59-69-35-18-10-19-36-69)79-53-52-78(58-80(79)99(2)95(92)101)98-85(100)54-51-77-56-81(102-3)87(82(57-77)103-4)116-97-94(112-66-76-49-32-17-33-50-76)91(110-64-74-45-28-15-29-46-74)89(108-62-72-41-24-13-25-42-72)84(114-97)68-105-60-70-37-20-11-21-38-70/h10-33,35-54,56-58,83-84,88-91,93-94,96-97H,5-9,34,55,59-68H2,1-4H3,(H,98,100)/b54-51+/t83-,84-,88+,89+,90+,91+,93-,94-,96+,97+/m1/s1. The molecule has 2 fully saturated rings. The second-order valence-electron chi connectivity index (χ2n) is 28.8. The van der Waals surface area contributed by atoms with Gasteiger partial charge >= 0.3 is 0 Å². The van der Waals surface area contributed by atoms with E-state index in [2.05, 4.69) is 12.2 Å². The minimum absolute atomic E-state index is 0.00679. The fraction of sp³-hybridized carbons (Fsp3) is 0.320. The van der Waals surface area contributed by atoms with Crippen molar-refractivity contribution in [2.24, 2.45) is 7.05 Å². The van der Waals surface area contributed by atoms with Gasteiger partial charge in [0.2, 0.25) is 30.0 Å². The molecular formula is C97H104N2O17. The number of benzene rings is 10. The van der Waals surface area contributed by atoms with Crippen LogP contribution in [0.25, 0.3) is 17.0 Å². The molecule has 1 N–H and O–H groups in total. The van der Waals surface area contributed by atoms with Crippen LogP contribution in [0.2, 0.25) is 0 Å². The Balaban J connectivity index is 0.807. The first-order chi connectivity index (χ1) is 57.1. The molecule has 0 unspecified atom stereocenters. The van der Waals surface area contributed by atoms with E-state index < -0.39 is 72.9 Å². The smallest absolute Gasteiger partial charge is 0.297 e. The molecule has 604 valence electrons. The van der Waals surface area contributed by atoms with Crippen LogP contribution in [0, 0.1) is 0 Å². The Morgan fingerprint density at radius 3 is 1.15 bits per heavy atom. The predicted octanol–water partition coefficient (Wildman–Crippen LogP) is 18.1. The number of hydrogen-bond donors (Lipinski definition) is 1. The van der Waals surface area contributed by atoms with Gasteiger partial charge in [-0.25, -0.2) is 0 Å². The van der Waals surface area contributed by atoms with Gasteiger partial charge in [0.05, 0.1) is 92.4 Å². The largest absolute Gasteiger partial charge is 0.493 e. The van der Waals surface area contributed by atoms with Gasteiger partial charge < -0.3 is 80.9 Å². The number of hydrogen-bond acceptors (Lipinski definition) is 17. The lowest BCUT2D eigenvalue weighted by atomic mass is 9.97. The van der Waals surface area contributed by atoms with Crippen LogP contribution in [-0.2, 0) is 112 Å². The lowest BCUT2D eigenvalue weighted by Gasteiger charge is -2.45. The van der Waals surface area contributed by atoms with Crippen LogP contribution in [0.15, 0.2) is 284 Å². The summed E-state index contributed by atoms with van der Waals surface area (Å²) in [6.07, 6.45) is -0.0144. The van der Waals surface area contributed by atoms with Gasteiger partial charge in [-0.3, -0.25) is 9.59 Å². The molecule has 2 aliphatic rings. The Hall–Kier alpha value is -10.8. The van der Waals surface area contributed by atoms with Crippen LogP contribution < -0.4 is 34.6 Å². The third-order valence-electron chi connectivity index (χ3n) is 20.4. The molecule has 3 heterocycles. The molecule has 0 bridgehead atoms. The maximum atomic E-state index is 15.2. The number of anilines is 1. The molecule has 0 aliphatic carbocycles. The van der Waals surface area contributed by atoms with Gasteiger partial charge in [0, 0.05) is 24.2 Å². The Kier molecular flexibility index (Phi) is 31.4. The number of fused-ring (bicyclic) bond motifs is 1. The molecule has 10 atom stereocenters. The van der Waals surface area contributed by atoms with Crippen LogP contribution >= 0.6 is 0 Å². The third kappa shape index (κ3) is 23.5. The summed E-state index contributed by atoms with van der Waals surface area (Å²) in [5.41, 5.74) is 8.44. The minimum Gasteiger partial charge on any atom is -0.493 e. The zero-order valence-corrected chi connectivity index (χ0v) is 66.3. The Morgan fingerprint density at radius 2 is 0.759 bits per heavy atom. The molecule has 2 saturated heterocycles. The lowest BCUT2D eigenvalue weighted by molar-refractivity contribution is -0.310. The number of nitrogens with zero attached hydrogens (tertiary/aromatic N) is 1. The zero-order valence-electron chi connectivity index (χ0n) is 66.3. The number of nitrogens with one attached hydrogen (secondary N) is 1. The van der Waals surface area contributed by atoms with Crippen LogP contribution in [0.1, 0.15) is 95.5 Å². The van der Waals surface area contributed by atoms with Gasteiger partial charge in [-0.1, -0.05) is 282 Å². The maximum Gasteiger partial charge on any atom is 0.297 e. The molecule has 0 radical (unpaired) electrons. The van der Waals surface area contributed by atoms with Crippen molar-refractivity contribution in [2.45, 2.75) is 160 Å². The summed E-state index contributed by atoms with van der Waals surface area (Å²) in [6.45, 7) is 4.41. The number of carbonyl (C=O) groups excluding carboxylic acids is 1. The molecular weight excluding hydrogens is 1470 g/mol. The highest BCUT2D eigenvalue weighted by molar-refractivity contribution is 6.03. The second kappa shape index (κ2) is 43.8. The summed E-state index contributed by atoms with van der Waals surface area (Å²) in [4.78, 5) is 29.7. The minimum atomic E-state index is -1.26. The molecule has 19 nitrogen and oxygen atoms in total. The van der Waals surface area contributed by atoms with Crippen molar-refractivity contribution in [3.8, 4) is 28.7 Å². The summed E-state index contributed by atoms with van der Waals surface area (Å²) in [6, 6.07) is 88.1. The van der Waals surface area contributed by atoms with E-state index in [1.54, 1.807) is 43.5 Å². The van der Waals surface area contributed by atoms with E-state index in [0.29, 0.717) is 35.2 Å². The number of unbranched alkanes of at least 4 members (excludes halogenated alkanes) is 5. The van der Waals surface area contributed by atoms with E-state index in [1.807, 2.05) is 243 Å². The lowest BCUT2D eigenvalue weighted by Crippen LogP contribution is -2.62. The first-order valence-corrected chi connectivity index (χ1v) is 40.0. The van der Waals surface area contributed by atoms with E-state index >= 15 is 4.79 Å². The molecule has 0 saturated carbocycles. The Morgan fingerprint density at radius 1 is 0.405 bits per heavy atom. The summed E-state index contributed by atoms with van der Waals surface area (Å²) < 4.78 is 104. The van der Waals surface area contributed by atoms with Gasteiger partial charge in [0.1, 0.15) is 48.8 Å². The molecule has 19 heteroatoms. The highest BCUT2D eigenvalue weighted by atomic mass is 16.7. The summed E-state index contributed by atoms with van der Waals surface area (Å²) in [5, 5.41) is 3.54. The maximum absolute atomic E-state index is 15.2. The van der Waals surface area contributed by atoms with Crippen molar-refractivity contribution in [1.29, 1.82) is 0 Å². The second-order valence-corrected chi connectivity index (χ2v) is 28.8. The van der Waals surface area contributed by atoms with Crippen LogP contribution in [-0.4, -0.2) is 106 Å². The summed E-state index contributed by atoms with van der Waals surface area (Å²) in [7, 11) is 4.72. The SMILES string of the molecule is CCCCCCCCOc1c(O[C@@H]2O[C@H](COCc3ccccc3)[C@H](OCc3ccccc3)[C@H](OCc3ccccc3)[C@H]2OCc2ccccc2)c2ccc(NC(=O)/C=C/c3cc(OC)c(O[C@@H]4O[C@H](COCc5ccccc5)[C@H](OCc5ccccc5)[C@H](OCc5ccccc5)[C@H]4OCc4ccccc4)c(OC)c3)cc2n(C)c1=O. The normalized spacial score (nSPS) is 19.3. The number of carbonyl (C=O) groups is 1. The van der Waals surface area contributed by atoms with Crippen molar-refractivity contribution in [1.82, 2.24) is 4.57 Å². The fourth-order valence-corrected chi connectivity index (χ4v) is 14.2. The highest BCUT2D eigenvalue weighted by Gasteiger charge is 2.52. The number of rotatable bonds is 43. The monoisotopic (exact) mass is 1570 g/mol. The van der Waals surface area contributed by atoms with Crippen LogP contribution in [0.3, 0.4) is 0 Å². The van der Waals surface area contributed by atoms with Gasteiger partial charge in [-0.2, -0.15) is 0 Å². The van der Waals surface area contributed by atoms with Crippen LogP contribution in [0.5, 0.6) is 28.7 Å². The van der Waals surface area contributed by atoms with Crippen molar-refractivity contribution in [3.05, 3.63) is 339 Å². The molecule has 1 aromatic heterocycles. The number of pyridine rings is 1. The van der Waals surface area contributed by atoms with Crippen LogP contribution in [0.4, 0.5) is 5.69 Å². The third-order valence-corrected chi connectivity index (χ3v) is 20.4. The van der Waals surface area contributed by atoms with E-state index in [0.717, 1.165) is 76.6 Å². The first-order valence-electron chi connectivity index (χ1n) is 40.0. The number of ether oxygens (including phenoxy) is 15. The molecule has 0 spiro atoms. The van der Waals surface area contributed by atoms with Gasteiger partial charge in [-0.05, 0) is 92.9 Å². The molecule has 1 amide bonds.